The number of sulfonamides is 1. The van der Waals surface area contributed by atoms with Gasteiger partial charge in [-0.15, -0.1) is 0 Å². The summed E-state index contributed by atoms with van der Waals surface area (Å²) >= 11 is 11.5. The fourth-order valence-corrected chi connectivity index (χ4v) is 3.27. The van der Waals surface area contributed by atoms with E-state index in [1.54, 1.807) is 0 Å². The van der Waals surface area contributed by atoms with E-state index in [0.717, 1.165) is 18.2 Å². The molecule has 0 aliphatic heterocycles. The number of phenols is 1. The van der Waals surface area contributed by atoms with Crippen molar-refractivity contribution in [2.24, 2.45) is 0 Å². The average Bonchev–Trinajstić information content (AvgIpc) is 2.31. The average molecular weight is 336 g/mol. The van der Waals surface area contributed by atoms with Crippen LogP contribution >= 0.6 is 23.2 Å². The highest BCUT2D eigenvalue weighted by molar-refractivity contribution is 7.92. The van der Waals surface area contributed by atoms with Crippen molar-refractivity contribution in [3.05, 3.63) is 52.3 Å². The minimum Gasteiger partial charge on any atom is -0.508 e. The fraction of sp³-hybridized carbons (Fsp3) is 0. The third-order valence-corrected chi connectivity index (χ3v) is 4.12. The van der Waals surface area contributed by atoms with E-state index in [0.29, 0.717) is 0 Å². The second-order valence-electron chi connectivity index (χ2n) is 3.87. The van der Waals surface area contributed by atoms with Crippen molar-refractivity contribution in [1.29, 1.82) is 0 Å². The fourth-order valence-electron chi connectivity index (χ4n) is 1.47. The first kappa shape index (κ1) is 14.9. The summed E-state index contributed by atoms with van der Waals surface area (Å²) < 4.78 is 39.7. The lowest BCUT2D eigenvalue weighted by Crippen LogP contribution is -2.14. The molecule has 0 spiro atoms. The Morgan fingerprint density at radius 1 is 1.05 bits per heavy atom. The summed E-state index contributed by atoms with van der Waals surface area (Å²) in [4.78, 5) is -0.192. The minimum atomic E-state index is -4.03. The van der Waals surface area contributed by atoms with Crippen LogP contribution in [0.4, 0.5) is 10.1 Å². The van der Waals surface area contributed by atoms with Crippen molar-refractivity contribution in [3.8, 4) is 5.75 Å². The molecule has 0 aromatic heterocycles. The second kappa shape index (κ2) is 5.47. The molecule has 4 nitrogen and oxygen atoms in total. The monoisotopic (exact) mass is 335 g/mol. The maximum atomic E-state index is 13.5. The Kier molecular flexibility index (Phi) is 4.08. The first-order valence-corrected chi connectivity index (χ1v) is 7.49. The molecular formula is C12H8Cl2FNO3S. The van der Waals surface area contributed by atoms with Gasteiger partial charge in [-0.2, -0.15) is 0 Å². The molecule has 0 bridgehead atoms. The molecule has 0 radical (unpaired) electrons. The van der Waals surface area contributed by atoms with E-state index in [4.69, 9.17) is 28.3 Å². The Labute approximate surface area is 124 Å². The first-order chi connectivity index (χ1) is 9.28. The molecule has 0 fully saturated rings. The number of benzene rings is 2. The molecule has 0 aliphatic rings. The molecule has 0 saturated heterocycles. The number of anilines is 1. The van der Waals surface area contributed by atoms with Crippen molar-refractivity contribution in [2.45, 2.75) is 4.90 Å². The van der Waals surface area contributed by atoms with Gasteiger partial charge in [-0.05, 0) is 30.3 Å². The maximum absolute atomic E-state index is 13.5. The van der Waals surface area contributed by atoms with E-state index in [-0.39, 0.29) is 26.4 Å². The van der Waals surface area contributed by atoms with Crippen LogP contribution in [0.1, 0.15) is 0 Å². The van der Waals surface area contributed by atoms with Crippen LogP contribution in [0.15, 0.2) is 41.3 Å². The summed E-state index contributed by atoms with van der Waals surface area (Å²) in [6.45, 7) is 0. The Morgan fingerprint density at radius 3 is 2.20 bits per heavy atom. The number of rotatable bonds is 3. The van der Waals surface area contributed by atoms with Crippen molar-refractivity contribution < 1.29 is 17.9 Å². The molecule has 106 valence electrons. The van der Waals surface area contributed by atoms with Crippen LogP contribution in [0, 0.1) is 5.82 Å². The summed E-state index contributed by atoms with van der Waals surface area (Å²) in [5, 5.41) is 9.36. The van der Waals surface area contributed by atoms with Crippen LogP contribution in [0.3, 0.4) is 0 Å². The molecule has 0 amide bonds. The number of phenolic OH excluding ortho intramolecular Hbond substituents is 1. The van der Waals surface area contributed by atoms with Gasteiger partial charge in [0.05, 0.1) is 10.6 Å². The normalized spacial score (nSPS) is 11.3. The second-order valence-corrected chi connectivity index (χ2v) is 6.43. The van der Waals surface area contributed by atoms with Gasteiger partial charge in [-0.3, -0.25) is 4.72 Å². The largest absolute Gasteiger partial charge is 0.508 e. The molecule has 0 unspecified atom stereocenters. The number of halogens is 3. The molecule has 8 heteroatoms. The van der Waals surface area contributed by atoms with Gasteiger partial charge in [-0.25, -0.2) is 12.8 Å². The number of aromatic hydroxyl groups is 1. The molecule has 0 aliphatic carbocycles. The molecular weight excluding hydrogens is 328 g/mol. The lowest BCUT2D eigenvalue weighted by Gasteiger charge is -2.09. The number of hydrogen-bond donors (Lipinski definition) is 2. The van der Waals surface area contributed by atoms with Crippen LogP contribution < -0.4 is 4.72 Å². The highest BCUT2D eigenvalue weighted by atomic mass is 35.5. The SMILES string of the molecule is O=S(=O)(Nc1ccc(O)cc1F)c1cc(Cl)cc(Cl)c1. The summed E-state index contributed by atoms with van der Waals surface area (Å²) in [7, 11) is -4.03. The van der Waals surface area contributed by atoms with E-state index in [1.807, 2.05) is 0 Å². The zero-order valence-corrected chi connectivity index (χ0v) is 12.1. The van der Waals surface area contributed by atoms with Crippen molar-refractivity contribution >= 4 is 38.9 Å². The van der Waals surface area contributed by atoms with Gasteiger partial charge in [0.1, 0.15) is 5.75 Å². The number of hydrogen-bond acceptors (Lipinski definition) is 3. The molecule has 0 heterocycles. The van der Waals surface area contributed by atoms with Gasteiger partial charge < -0.3 is 5.11 Å². The van der Waals surface area contributed by atoms with Crippen LogP contribution in [0.2, 0.25) is 10.0 Å². The van der Waals surface area contributed by atoms with E-state index < -0.39 is 15.8 Å². The Morgan fingerprint density at radius 2 is 1.65 bits per heavy atom. The smallest absolute Gasteiger partial charge is 0.262 e. The van der Waals surface area contributed by atoms with Crippen molar-refractivity contribution in [1.82, 2.24) is 0 Å². The van der Waals surface area contributed by atoms with Gasteiger partial charge in [-0.1, -0.05) is 23.2 Å². The van der Waals surface area contributed by atoms with E-state index in [1.165, 1.54) is 18.2 Å². The van der Waals surface area contributed by atoms with Crippen molar-refractivity contribution in [2.75, 3.05) is 4.72 Å². The lowest BCUT2D eigenvalue weighted by molar-refractivity contribution is 0.469. The van der Waals surface area contributed by atoms with Crippen molar-refractivity contribution in [3.63, 3.8) is 0 Å². The standard InChI is InChI=1S/C12H8Cl2FNO3S/c13-7-3-8(14)5-10(4-7)20(18,19)16-12-2-1-9(17)6-11(12)15/h1-6,16-17H. The molecule has 0 saturated carbocycles. The summed E-state index contributed by atoms with van der Waals surface area (Å²) in [5.74, 6) is -1.21. The minimum absolute atomic E-state index is 0.143. The molecule has 20 heavy (non-hydrogen) atoms. The quantitative estimate of drug-likeness (QED) is 0.841. The molecule has 2 aromatic rings. The van der Waals surface area contributed by atoms with Crippen LogP contribution in [-0.4, -0.2) is 13.5 Å². The highest BCUT2D eigenvalue weighted by Crippen LogP contribution is 2.26. The third-order valence-electron chi connectivity index (χ3n) is 2.34. The summed E-state index contributed by atoms with van der Waals surface area (Å²) in [5.41, 5.74) is -0.293. The predicted octanol–water partition coefficient (Wildman–Crippen LogP) is 3.64. The third kappa shape index (κ3) is 3.33. The Bertz CT molecular complexity index is 745. The van der Waals surface area contributed by atoms with Crippen LogP contribution in [-0.2, 0) is 10.0 Å². The van der Waals surface area contributed by atoms with E-state index in [9.17, 15) is 12.8 Å². The highest BCUT2D eigenvalue weighted by Gasteiger charge is 2.17. The molecule has 2 rings (SSSR count). The Hall–Kier alpha value is -1.50. The summed E-state index contributed by atoms with van der Waals surface area (Å²) in [6, 6.07) is 6.81. The van der Waals surface area contributed by atoms with E-state index >= 15 is 0 Å². The zero-order valence-electron chi connectivity index (χ0n) is 9.77. The van der Waals surface area contributed by atoms with E-state index in [2.05, 4.69) is 4.72 Å². The maximum Gasteiger partial charge on any atom is 0.262 e. The van der Waals surface area contributed by atoms with Gasteiger partial charge in [0, 0.05) is 16.1 Å². The number of nitrogens with one attached hydrogen (secondary N) is 1. The summed E-state index contributed by atoms with van der Waals surface area (Å²) in [6.07, 6.45) is 0. The van der Waals surface area contributed by atoms with Gasteiger partial charge in [0.25, 0.3) is 10.0 Å². The van der Waals surface area contributed by atoms with Gasteiger partial charge in [0.15, 0.2) is 5.82 Å². The van der Waals surface area contributed by atoms with Gasteiger partial charge >= 0.3 is 0 Å². The molecule has 0 atom stereocenters. The molecule has 2 N–H and O–H groups in total. The first-order valence-electron chi connectivity index (χ1n) is 5.25. The van der Waals surface area contributed by atoms with Crippen LogP contribution in [0.5, 0.6) is 5.75 Å². The molecule has 2 aromatic carbocycles. The zero-order chi connectivity index (χ0) is 14.9. The topological polar surface area (TPSA) is 66.4 Å². The Balaban J connectivity index is 2.40. The van der Waals surface area contributed by atoms with Gasteiger partial charge in [0.2, 0.25) is 0 Å². The lowest BCUT2D eigenvalue weighted by atomic mass is 10.3. The predicted molar refractivity (Wildman–Crippen MR) is 75.3 cm³/mol. The van der Waals surface area contributed by atoms with Crippen LogP contribution in [0.25, 0.3) is 0 Å².